The zero-order chi connectivity index (χ0) is 12.9. The zero-order valence-electron chi connectivity index (χ0n) is 10.7. The molecular formula is C12H22N2O2S. The fourth-order valence-corrected chi connectivity index (χ4v) is 3.98. The van der Waals surface area contributed by atoms with E-state index in [1.54, 1.807) is 14.0 Å². The number of hydrogen-bond donors (Lipinski definition) is 0. The summed E-state index contributed by atoms with van der Waals surface area (Å²) in [4.78, 5) is 0. The first-order valence-electron chi connectivity index (χ1n) is 6.40. The van der Waals surface area contributed by atoms with Gasteiger partial charge in [-0.2, -0.15) is 5.26 Å². The maximum absolute atomic E-state index is 12.2. The van der Waals surface area contributed by atoms with E-state index in [9.17, 15) is 8.42 Å². The third-order valence-electron chi connectivity index (χ3n) is 3.61. The van der Waals surface area contributed by atoms with Crippen molar-refractivity contribution < 1.29 is 8.42 Å². The molecule has 0 aromatic rings. The predicted molar refractivity (Wildman–Crippen MR) is 67.9 cm³/mol. The molecule has 5 heteroatoms. The molecule has 0 aliphatic heterocycles. The monoisotopic (exact) mass is 258 g/mol. The number of rotatable bonds is 4. The van der Waals surface area contributed by atoms with Gasteiger partial charge in [0.25, 0.3) is 0 Å². The molecule has 1 aliphatic rings. The Morgan fingerprint density at radius 2 is 1.82 bits per heavy atom. The summed E-state index contributed by atoms with van der Waals surface area (Å²) in [6.07, 6.45) is 6.78. The average Bonchev–Trinajstić information content (AvgIpc) is 2.57. The highest BCUT2D eigenvalue weighted by Crippen LogP contribution is 2.24. The van der Waals surface area contributed by atoms with Crippen LogP contribution in [0.4, 0.5) is 0 Å². The summed E-state index contributed by atoms with van der Waals surface area (Å²) in [6.45, 7) is 1.74. The van der Waals surface area contributed by atoms with E-state index in [1.165, 1.54) is 17.1 Å². The molecule has 0 amide bonds. The molecule has 0 aromatic carbocycles. The smallest absolute Gasteiger partial charge is 0.211 e. The first-order chi connectivity index (χ1) is 8.04. The van der Waals surface area contributed by atoms with E-state index in [0.29, 0.717) is 6.42 Å². The average molecular weight is 258 g/mol. The van der Waals surface area contributed by atoms with Gasteiger partial charge in [0.15, 0.2) is 5.25 Å². The van der Waals surface area contributed by atoms with Gasteiger partial charge in [0, 0.05) is 13.1 Å². The number of sulfonamides is 1. The van der Waals surface area contributed by atoms with Gasteiger partial charge in [0.1, 0.15) is 0 Å². The lowest BCUT2D eigenvalue weighted by molar-refractivity contribution is 0.333. The summed E-state index contributed by atoms with van der Waals surface area (Å²) in [5.74, 6) is 0. The Labute approximate surface area is 105 Å². The van der Waals surface area contributed by atoms with Crippen LogP contribution in [0.25, 0.3) is 0 Å². The quantitative estimate of drug-likeness (QED) is 0.727. The number of nitriles is 1. The second kappa shape index (κ2) is 6.36. The van der Waals surface area contributed by atoms with Crippen LogP contribution in [0.3, 0.4) is 0 Å². The molecule has 1 unspecified atom stereocenters. The summed E-state index contributed by atoms with van der Waals surface area (Å²) in [5, 5.41) is 8.02. The molecule has 98 valence electrons. The molecular weight excluding hydrogens is 236 g/mol. The van der Waals surface area contributed by atoms with Crippen molar-refractivity contribution in [2.75, 3.05) is 7.05 Å². The van der Waals surface area contributed by atoms with Crippen LogP contribution >= 0.6 is 0 Å². The largest absolute Gasteiger partial charge is 0.230 e. The summed E-state index contributed by atoms with van der Waals surface area (Å²) in [7, 11) is -1.81. The maximum atomic E-state index is 12.2. The van der Waals surface area contributed by atoms with Gasteiger partial charge in [0.05, 0.1) is 6.07 Å². The second-order valence-electron chi connectivity index (χ2n) is 4.73. The Hall–Kier alpha value is -0.600. The van der Waals surface area contributed by atoms with Crippen molar-refractivity contribution in [3.05, 3.63) is 0 Å². The van der Waals surface area contributed by atoms with Gasteiger partial charge in [-0.15, -0.1) is 0 Å². The maximum Gasteiger partial charge on any atom is 0.230 e. The molecule has 0 bridgehead atoms. The molecule has 1 saturated carbocycles. The van der Waals surface area contributed by atoms with E-state index in [4.69, 9.17) is 5.26 Å². The summed E-state index contributed by atoms with van der Waals surface area (Å²) < 4.78 is 25.9. The Morgan fingerprint density at radius 3 is 2.24 bits per heavy atom. The van der Waals surface area contributed by atoms with Crippen molar-refractivity contribution in [3.8, 4) is 6.07 Å². The van der Waals surface area contributed by atoms with Crippen LogP contribution in [0.15, 0.2) is 0 Å². The molecule has 0 N–H and O–H groups in total. The summed E-state index contributed by atoms with van der Waals surface area (Å²) in [5.41, 5.74) is 0. The van der Waals surface area contributed by atoms with Crippen LogP contribution in [-0.4, -0.2) is 31.1 Å². The third-order valence-corrected chi connectivity index (χ3v) is 5.87. The molecule has 0 radical (unpaired) electrons. The first kappa shape index (κ1) is 14.5. The molecule has 1 fully saturated rings. The number of hydrogen-bond acceptors (Lipinski definition) is 3. The zero-order valence-corrected chi connectivity index (χ0v) is 11.5. The van der Waals surface area contributed by atoms with Crippen molar-refractivity contribution in [1.82, 2.24) is 4.31 Å². The van der Waals surface area contributed by atoms with Gasteiger partial charge in [0.2, 0.25) is 10.0 Å². The van der Waals surface area contributed by atoms with Gasteiger partial charge in [-0.25, -0.2) is 12.7 Å². The number of nitrogens with zero attached hydrogens (tertiary/aromatic N) is 2. The van der Waals surface area contributed by atoms with Gasteiger partial charge in [-0.3, -0.25) is 0 Å². The van der Waals surface area contributed by atoms with Crippen molar-refractivity contribution >= 4 is 10.0 Å². The highest BCUT2D eigenvalue weighted by molar-refractivity contribution is 7.90. The first-order valence-corrected chi connectivity index (χ1v) is 7.90. The standard InChI is InChI=1S/C12H22N2O2S/c1-3-12(10-13)17(15,16)14(2)11-8-6-4-5-7-9-11/h11-12H,3-9H2,1-2H3. The van der Waals surface area contributed by atoms with Crippen LogP contribution in [0.2, 0.25) is 0 Å². The van der Waals surface area contributed by atoms with E-state index in [-0.39, 0.29) is 6.04 Å². The van der Waals surface area contributed by atoms with Gasteiger partial charge >= 0.3 is 0 Å². The van der Waals surface area contributed by atoms with Crippen LogP contribution in [-0.2, 0) is 10.0 Å². The minimum atomic E-state index is -3.44. The van der Waals surface area contributed by atoms with E-state index >= 15 is 0 Å². The molecule has 4 nitrogen and oxygen atoms in total. The summed E-state index contributed by atoms with van der Waals surface area (Å²) in [6, 6.07) is 1.99. The third kappa shape index (κ3) is 3.43. The highest BCUT2D eigenvalue weighted by atomic mass is 32.2. The van der Waals surface area contributed by atoms with Crippen molar-refractivity contribution in [2.24, 2.45) is 0 Å². The van der Waals surface area contributed by atoms with Crippen molar-refractivity contribution in [1.29, 1.82) is 5.26 Å². The SMILES string of the molecule is CCC(C#N)S(=O)(=O)N(C)C1CCCCCC1. The molecule has 0 spiro atoms. The molecule has 0 saturated heterocycles. The molecule has 1 rings (SSSR count). The topological polar surface area (TPSA) is 61.2 Å². The minimum absolute atomic E-state index is 0.0879. The molecule has 0 aromatic heterocycles. The Bertz CT molecular complexity index is 364. The predicted octanol–water partition coefficient (Wildman–Crippen LogP) is 2.27. The fourth-order valence-electron chi connectivity index (χ4n) is 2.40. The molecule has 17 heavy (non-hydrogen) atoms. The highest BCUT2D eigenvalue weighted by Gasteiger charge is 2.33. The van der Waals surface area contributed by atoms with E-state index < -0.39 is 15.3 Å². The Kier molecular flexibility index (Phi) is 5.41. The molecule has 1 aliphatic carbocycles. The van der Waals surface area contributed by atoms with E-state index in [2.05, 4.69) is 0 Å². The van der Waals surface area contributed by atoms with E-state index in [0.717, 1.165) is 25.7 Å². The normalized spacial score (nSPS) is 20.8. The second-order valence-corrected chi connectivity index (χ2v) is 6.91. The Morgan fingerprint density at radius 1 is 1.29 bits per heavy atom. The van der Waals surface area contributed by atoms with Gasteiger partial charge in [-0.1, -0.05) is 32.6 Å². The Balaban J connectivity index is 2.80. The van der Waals surface area contributed by atoms with Crippen LogP contribution in [0.1, 0.15) is 51.9 Å². The van der Waals surface area contributed by atoms with Crippen LogP contribution in [0, 0.1) is 11.3 Å². The molecule has 1 atom stereocenters. The van der Waals surface area contributed by atoms with Gasteiger partial charge in [-0.05, 0) is 19.3 Å². The lowest BCUT2D eigenvalue weighted by atomic mass is 10.1. The van der Waals surface area contributed by atoms with Crippen LogP contribution in [0.5, 0.6) is 0 Å². The lowest BCUT2D eigenvalue weighted by Gasteiger charge is -2.27. The lowest BCUT2D eigenvalue weighted by Crippen LogP contribution is -2.41. The van der Waals surface area contributed by atoms with Crippen molar-refractivity contribution in [2.45, 2.75) is 63.2 Å². The van der Waals surface area contributed by atoms with E-state index in [1.807, 2.05) is 6.07 Å². The van der Waals surface area contributed by atoms with Crippen molar-refractivity contribution in [3.63, 3.8) is 0 Å². The summed E-state index contributed by atoms with van der Waals surface area (Å²) >= 11 is 0. The minimum Gasteiger partial charge on any atom is -0.211 e. The fraction of sp³-hybridized carbons (Fsp3) is 0.917. The van der Waals surface area contributed by atoms with Crippen LogP contribution < -0.4 is 0 Å². The molecule has 0 heterocycles. The van der Waals surface area contributed by atoms with Gasteiger partial charge < -0.3 is 0 Å².